The van der Waals surface area contributed by atoms with Crippen molar-refractivity contribution in [3.8, 4) is 0 Å². The Kier molecular flexibility index (Phi) is 4.53. The first-order valence-electron chi connectivity index (χ1n) is 7.25. The molecule has 0 saturated heterocycles. The summed E-state index contributed by atoms with van der Waals surface area (Å²) in [7, 11) is 0. The summed E-state index contributed by atoms with van der Waals surface area (Å²) in [6.45, 7) is 6.37. The molecule has 0 unspecified atom stereocenters. The number of hydrogen-bond acceptors (Lipinski definition) is 4. The number of aliphatic hydroxyl groups is 1. The van der Waals surface area contributed by atoms with Crippen molar-refractivity contribution in [3.63, 3.8) is 0 Å². The van der Waals surface area contributed by atoms with Crippen molar-refractivity contribution in [1.29, 1.82) is 0 Å². The fourth-order valence-electron chi connectivity index (χ4n) is 2.94. The van der Waals surface area contributed by atoms with E-state index in [9.17, 15) is 5.11 Å². The first-order chi connectivity index (χ1) is 9.09. The average molecular weight is 264 g/mol. The quantitative estimate of drug-likeness (QED) is 0.908. The lowest BCUT2D eigenvalue weighted by molar-refractivity contribution is -0.0768. The zero-order chi connectivity index (χ0) is 13.9. The molecule has 1 aromatic rings. The van der Waals surface area contributed by atoms with Gasteiger partial charge in [0.15, 0.2) is 5.82 Å². The van der Waals surface area contributed by atoms with E-state index in [1.165, 1.54) is 19.3 Å². The van der Waals surface area contributed by atoms with Crippen molar-refractivity contribution in [2.75, 3.05) is 6.61 Å². The number of ether oxygens (including phenoxy) is 1. The maximum atomic E-state index is 9.66. The minimum absolute atomic E-state index is 0.311. The molecule has 0 radical (unpaired) electrons. The molecule has 0 bridgehead atoms. The lowest BCUT2D eigenvalue weighted by atomic mass is 9.83. The molecule has 4 nitrogen and oxygen atoms in total. The van der Waals surface area contributed by atoms with Crippen molar-refractivity contribution in [2.45, 2.75) is 64.6 Å². The van der Waals surface area contributed by atoms with Crippen molar-refractivity contribution >= 4 is 0 Å². The van der Waals surface area contributed by atoms with E-state index < -0.39 is 6.10 Å². The topological polar surface area (TPSA) is 55.2 Å². The molecule has 19 heavy (non-hydrogen) atoms. The van der Waals surface area contributed by atoms with Crippen molar-refractivity contribution < 1.29 is 9.84 Å². The van der Waals surface area contributed by atoms with Gasteiger partial charge in [0.25, 0.3) is 0 Å². The molecule has 1 aliphatic rings. The van der Waals surface area contributed by atoms with E-state index in [1.54, 1.807) is 13.1 Å². The summed E-state index contributed by atoms with van der Waals surface area (Å²) in [5.41, 5.74) is 1.34. The molecule has 1 fully saturated rings. The van der Waals surface area contributed by atoms with E-state index in [0.717, 1.165) is 29.9 Å². The normalized spacial score (nSPS) is 20.2. The summed E-state index contributed by atoms with van der Waals surface area (Å²) in [6, 6.07) is 0. The Bertz CT molecular complexity index is 421. The molecular formula is C15H24N2O2. The number of aryl methyl sites for hydroxylation is 1. The van der Waals surface area contributed by atoms with Gasteiger partial charge in [-0.2, -0.15) is 0 Å². The molecule has 106 valence electrons. The maximum absolute atomic E-state index is 9.66. The third kappa shape index (κ3) is 2.95. The number of aromatic nitrogens is 2. The van der Waals surface area contributed by atoms with Gasteiger partial charge in [-0.1, -0.05) is 19.3 Å². The number of aliphatic hydroxyl groups excluding tert-OH is 1. The summed E-state index contributed by atoms with van der Waals surface area (Å²) < 4.78 is 6.02. The Balaban J connectivity index is 2.34. The Hall–Kier alpha value is -1.00. The Labute approximate surface area is 115 Å². The largest absolute Gasteiger partial charge is 0.389 e. The molecule has 1 saturated carbocycles. The minimum Gasteiger partial charge on any atom is -0.389 e. The number of hydrogen-bond donors (Lipinski definition) is 1. The van der Waals surface area contributed by atoms with Gasteiger partial charge in [0.2, 0.25) is 0 Å². The molecule has 0 aromatic carbocycles. The smallest absolute Gasteiger partial charge is 0.160 e. The van der Waals surface area contributed by atoms with Crippen LogP contribution in [0.25, 0.3) is 0 Å². The molecule has 1 atom stereocenters. The van der Waals surface area contributed by atoms with Crippen LogP contribution in [0.3, 0.4) is 0 Å². The van der Waals surface area contributed by atoms with E-state index in [0.29, 0.717) is 6.61 Å². The molecule has 4 heteroatoms. The standard InChI is InChI=1S/C15H24N2O2/c1-4-19-15(8-6-5-7-9-15)14-16-10-13(12(3)18)11(2)17-14/h10,12,18H,4-9H2,1-3H3/t12-/m0/s1. The second-order valence-corrected chi connectivity index (χ2v) is 5.40. The fourth-order valence-corrected chi connectivity index (χ4v) is 2.94. The first kappa shape index (κ1) is 14.4. The molecule has 2 rings (SSSR count). The van der Waals surface area contributed by atoms with Crippen LogP contribution in [0.2, 0.25) is 0 Å². The third-order valence-corrected chi connectivity index (χ3v) is 3.96. The van der Waals surface area contributed by atoms with Gasteiger partial charge in [0.1, 0.15) is 5.60 Å². The maximum Gasteiger partial charge on any atom is 0.160 e. The monoisotopic (exact) mass is 264 g/mol. The first-order valence-corrected chi connectivity index (χ1v) is 7.25. The number of nitrogens with zero attached hydrogens (tertiary/aromatic N) is 2. The lowest BCUT2D eigenvalue weighted by Gasteiger charge is -2.35. The zero-order valence-electron chi connectivity index (χ0n) is 12.1. The van der Waals surface area contributed by atoms with Crippen LogP contribution in [0.1, 0.15) is 69.1 Å². The second-order valence-electron chi connectivity index (χ2n) is 5.40. The van der Waals surface area contributed by atoms with Crippen LogP contribution in [-0.2, 0) is 10.3 Å². The molecule has 1 N–H and O–H groups in total. The second kappa shape index (κ2) is 5.97. The van der Waals surface area contributed by atoms with Gasteiger partial charge in [0.05, 0.1) is 6.10 Å². The van der Waals surface area contributed by atoms with Gasteiger partial charge in [0, 0.05) is 24.1 Å². The highest BCUT2D eigenvalue weighted by Gasteiger charge is 2.37. The van der Waals surface area contributed by atoms with Crippen molar-refractivity contribution in [1.82, 2.24) is 9.97 Å². The van der Waals surface area contributed by atoms with Gasteiger partial charge < -0.3 is 9.84 Å². The van der Waals surface area contributed by atoms with Gasteiger partial charge in [-0.05, 0) is 33.6 Å². The molecule has 1 aromatic heterocycles. The summed E-state index contributed by atoms with van der Waals surface area (Å²) in [5.74, 6) is 0.788. The van der Waals surface area contributed by atoms with E-state index in [1.807, 2.05) is 13.8 Å². The Morgan fingerprint density at radius 1 is 1.37 bits per heavy atom. The average Bonchev–Trinajstić information content (AvgIpc) is 2.39. The van der Waals surface area contributed by atoms with E-state index >= 15 is 0 Å². The van der Waals surface area contributed by atoms with Crippen molar-refractivity contribution in [3.05, 3.63) is 23.3 Å². The summed E-state index contributed by atoms with van der Waals surface area (Å²) in [6.07, 6.45) is 6.81. The van der Waals surface area contributed by atoms with Crippen LogP contribution in [-0.4, -0.2) is 21.7 Å². The summed E-state index contributed by atoms with van der Waals surface area (Å²) >= 11 is 0. The molecule has 0 amide bonds. The van der Waals surface area contributed by atoms with Crippen LogP contribution in [0.5, 0.6) is 0 Å². The fraction of sp³-hybridized carbons (Fsp3) is 0.733. The van der Waals surface area contributed by atoms with E-state index in [4.69, 9.17) is 4.74 Å². The Morgan fingerprint density at radius 2 is 2.05 bits per heavy atom. The minimum atomic E-state index is -0.525. The van der Waals surface area contributed by atoms with Crippen molar-refractivity contribution in [2.24, 2.45) is 0 Å². The third-order valence-electron chi connectivity index (χ3n) is 3.96. The summed E-state index contributed by atoms with van der Waals surface area (Å²) in [4.78, 5) is 9.09. The predicted octanol–water partition coefficient (Wildman–Crippen LogP) is 3.03. The van der Waals surface area contributed by atoms with Crippen LogP contribution >= 0.6 is 0 Å². The Morgan fingerprint density at radius 3 is 2.58 bits per heavy atom. The number of rotatable bonds is 4. The SMILES string of the molecule is CCOC1(c2ncc([C@H](C)O)c(C)n2)CCCCC1. The van der Waals surface area contributed by atoms with Crippen LogP contribution in [0, 0.1) is 6.92 Å². The predicted molar refractivity (Wildman–Crippen MR) is 73.8 cm³/mol. The van der Waals surface area contributed by atoms with Gasteiger partial charge in [-0.15, -0.1) is 0 Å². The van der Waals surface area contributed by atoms with Gasteiger partial charge in [-0.3, -0.25) is 0 Å². The molecule has 1 heterocycles. The van der Waals surface area contributed by atoms with Crippen LogP contribution in [0.15, 0.2) is 6.20 Å². The molecular weight excluding hydrogens is 240 g/mol. The van der Waals surface area contributed by atoms with Gasteiger partial charge in [-0.25, -0.2) is 9.97 Å². The highest BCUT2D eigenvalue weighted by molar-refractivity contribution is 5.20. The highest BCUT2D eigenvalue weighted by Crippen LogP contribution is 2.39. The summed E-state index contributed by atoms with van der Waals surface area (Å²) in [5, 5.41) is 9.66. The molecule has 0 spiro atoms. The zero-order valence-corrected chi connectivity index (χ0v) is 12.1. The lowest BCUT2D eigenvalue weighted by Crippen LogP contribution is -2.34. The van der Waals surface area contributed by atoms with Crippen LogP contribution in [0.4, 0.5) is 0 Å². The van der Waals surface area contributed by atoms with E-state index in [-0.39, 0.29) is 5.60 Å². The highest BCUT2D eigenvalue weighted by atomic mass is 16.5. The van der Waals surface area contributed by atoms with Gasteiger partial charge >= 0.3 is 0 Å². The molecule has 0 aliphatic heterocycles. The molecule has 1 aliphatic carbocycles. The van der Waals surface area contributed by atoms with E-state index in [2.05, 4.69) is 9.97 Å². The van der Waals surface area contributed by atoms with Crippen LogP contribution < -0.4 is 0 Å².